The maximum Gasteiger partial charge on any atom is 0.255 e. The van der Waals surface area contributed by atoms with E-state index < -0.39 is 15.9 Å². The highest BCUT2D eigenvalue weighted by Crippen LogP contribution is 2.29. The van der Waals surface area contributed by atoms with E-state index in [1.807, 2.05) is 12.1 Å². The molecule has 29 heavy (non-hydrogen) atoms. The van der Waals surface area contributed by atoms with Crippen LogP contribution in [0.25, 0.3) is 0 Å². The van der Waals surface area contributed by atoms with Crippen molar-refractivity contribution in [2.45, 2.75) is 4.90 Å². The highest BCUT2D eigenvalue weighted by Gasteiger charge is 2.18. The Bertz CT molecular complexity index is 1130. The second-order valence-corrected chi connectivity index (χ2v) is 8.89. The number of nitrogens with zero attached hydrogens (tertiary/aromatic N) is 1. The standard InChI is InChI=1S/C21H19ClN2O4S/c1-24(2)29(26,27)18-7-5-6-15(14-18)21(25)23-16-10-12-17(13-11-16)28-20-9-4-3-8-19(20)22/h3-14H,1-2H3,(H,23,25). The molecule has 6 nitrogen and oxygen atoms in total. The number of hydrogen-bond donors (Lipinski definition) is 1. The number of halogens is 1. The zero-order valence-corrected chi connectivity index (χ0v) is 17.4. The van der Waals surface area contributed by atoms with Crippen LogP contribution in [0, 0.1) is 0 Å². The molecule has 0 aromatic heterocycles. The monoisotopic (exact) mass is 430 g/mol. The Morgan fingerprint density at radius 3 is 2.31 bits per heavy atom. The van der Waals surface area contributed by atoms with Gasteiger partial charge < -0.3 is 10.1 Å². The van der Waals surface area contributed by atoms with E-state index >= 15 is 0 Å². The fourth-order valence-electron chi connectivity index (χ4n) is 2.47. The summed E-state index contributed by atoms with van der Waals surface area (Å²) in [6.07, 6.45) is 0. The summed E-state index contributed by atoms with van der Waals surface area (Å²) in [6.45, 7) is 0. The number of amides is 1. The van der Waals surface area contributed by atoms with Crippen molar-refractivity contribution in [2.24, 2.45) is 0 Å². The lowest BCUT2D eigenvalue weighted by Gasteiger charge is -2.12. The Hall–Kier alpha value is -2.87. The summed E-state index contributed by atoms with van der Waals surface area (Å²) in [5.41, 5.74) is 0.784. The lowest BCUT2D eigenvalue weighted by molar-refractivity contribution is 0.102. The smallest absolute Gasteiger partial charge is 0.255 e. The largest absolute Gasteiger partial charge is 0.456 e. The molecule has 1 amide bonds. The van der Waals surface area contributed by atoms with E-state index in [1.165, 1.54) is 32.3 Å². The highest BCUT2D eigenvalue weighted by molar-refractivity contribution is 7.89. The maximum absolute atomic E-state index is 12.5. The van der Waals surface area contributed by atoms with Crippen LogP contribution in [0.4, 0.5) is 5.69 Å². The maximum atomic E-state index is 12.5. The molecule has 0 unspecified atom stereocenters. The van der Waals surface area contributed by atoms with Gasteiger partial charge >= 0.3 is 0 Å². The van der Waals surface area contributed by atoms with Crippen molar-refractivity contribution in [3.8, 4) is 11.5 Å². The van der Waals surface area contributed by atoms with Crippen LogP contribution in [0.3, 0.4) is 0 Å². The Labute approximate surface area is 174 Å². The second-order valence-electron chi connectivity index (χ2n) is 6.33. The third-order valence-electron chi connectivity index (χ3n) is 4.05. The van der Waals surface area contributed by atoms with Gasteiger partial charge in [0.1, 0.15) is 11.5 Å². The molecular formula is C21H19ClN2O4S. The number of sulfonamides is 1. The summed E-state index contributed by atoms with van der Waals surface area (Å²) in [6, 6.07) is 19.8. The molecule has 3 aromatic rings. The second kappa shape index (κ2) is 8.65. The first-order valence-corrected chi connectivity index (χ1v) is 10.5. The number of nitrogens with one attached hydrogen (secondary N) is 1. The minimum absolute atomic E-state index is 0.0543. The highest BCUT2D eigenvalue weighted by atomic mass is 35.5. The number of para-hydroxylation sites is 1. The van der Waals surface area contributed by atoms with Gasteiger partial charge in [-0.15, -0.1) is 0 Å². The molecule has 0 atom stereocenters. The molecule has 3 aromatic carbocycles. The number of anilines is 1. The van der Waals surface area contributed by atoms with Gasteiger partial charge in [-0.2, -0.15) is 0 Å². The molecule has 0 fully saturated rings. The molecule has 1 N–H and O–H groups in total. The Morgan fingerprint density at radius 2 is 1.66 bits per heavy atom. The summed E-state index contributed by atoms with van der Waals surface area (Å²) < 4.78 is 31.3. The van der Waals surface area contributed by atoms with Gasteiger partial charge in [0.2, 0.25) is 10.0 Å². The van der Waals surface area contributed by atoms with Gasteiger partial charge in [-0.3, -0.25) is 4.79 Å². The molecule has 3 rings (SSSR count). The molecule has 0 aliphatic carbocycles. The van der Waals surface area contributed by atoms with Gasteiger partial charge in [-0.25, -0.2) is 12.7 Å². The number of carbonyl (C=O) groups excluding carboxylic acids is 1. The van der Waals surface area contributed by atoms with Crippen LogP contribution in [0.2, 0.25) is 5.02 Å². The van der Waals surface area contributed by atoms with Gasteiger partial charge in [-0.1, -0.05) is 29.8 Å². The molecule has 150 valence electrons. The van der Waals surface area contributed by atoms with Crippen LogP contribution in [-0.4, -0.2) is 32.7 Å². The molecule has 0 aliphatic heterocycles. The topological polar surface area (TPSA) is 75.7 Å². The van der Waals surface area contributed by atoms with Crippen molar-refractivity contribution in [2.75, 3.05) is 19.4 Å². The molecule has 8 heteroatoms. The number of benzene rings is 3. The minimum atomic E-state index is -3.62. The molecule has 0 radical (unpaired) electrons. The van der Waals surface area contributed by atoms with Crippen molar-refractivity contribution in [3.63, 3.8) is 0 Å². The first kappa shape index (κ1) is 20.9. The fraction of sp³-hybridized carbons (Fsp3) is 0.0952. The van der Waals surface area contributed by atoms with Gasteiger partial charge in [-0.05, 0) is 54.6 Å². The predicted octanol–water partition coefficient (Wildman–Crippen LogP) is 4.63. The van der Waals surface area contributed by atoms with Gasteiger partial charge in [0, 0.05) is 25.3 Å². The summed E-state index contributed by atoms with van der Waals surface area (Å²) in [7, 11) is -0.741. The average molecular weight is 431 g/mol. The van der Waals surface area contributed by atoms with E-state index in [9.17, 15) is 13.2 Å². The number of rotatable bonds is 6. The van der Waals surface area contributed by atoms with Crippen molar-refractivity contribution in [1.82, 2.24) is 4.31 Å². The molecule has 0 spiro atoms. The third kappa shape index (κ3) is 4.95. The first-order valence-electron chi connectivity index (χ1n) is 8.64. The van der Waals surface area contributed by atoms with Crippen LogP contribution < -0.4 is 10.1 Å². The molecular weight excluding hydrogens is 412 g/mol. The zero-order chi connectivity index (χ0) is 21.0. The minimum Gasteiger partial charge on any atom is -0.456 e. The fourth-order valence-corrected chi connectivity index (χ4v) is 3.60. The van der Waals surface area contributed by atoms with Crippen LogP contribution in [-0.2, 0) is 10.0 Å². The van der Waals surface area contributed by atoms with Crippen LogP contribution in [0.15, 0.2) is 77.7 Å². The number of carbonyl (C=O) groups is 1. The van der Waals surface area contributed by atoms with Crippen molar-refractivity contribution in [1.29, 1.82) is 0 Å². The van der Waals surface area contributed by atoms with Crippen LogP contribution >= 0.6 is 11.6 Å². The normalized spacial score (nSPS) is 11.3. The van der Waals surface area contributed by atoms with E-state index in [1.54, 1.807) is 42.5 Å². The summed E-state index contributed by atoms with van der Waals surface area (Å²) in [5.74, 6) is 0.681. The van der Waals surface area contributed by atoms with E-state index in [2.05, 4.69) is 5.32 Å². The number of hydrogen-bond acceptors (Lipinski definition) is 4. The van der Waals surface area contributed by atoms with Crippen LogP contribution in [0.1, 0.15) is 10.4 Å². The van der Waals surface area contributed by atoms with Crippen molar-refractivity contribution in [3.05, 3.63) is 83.4 Å². The Kier molecular flexibility index (Phi) is 6.22. The SMILES string of the molecule is CN(C)S(=O)(=O)c1cccc(C(=O)Nc2ccc(Oc3ccccc3Cl)cc2)c1. The Balaban J connectivity index is 1.72. The van der Waals surface area contributed by atoms with E-state index in [0.717, 1.165) is 4.31 Å². The van der Waals surface area contributed by atoms with Gasteiger partial charge in [0.15, 0.2) is 0 Å². The van der Waals surface area contributed by atoms with E-state index in [4.69, 9.17) is 16.3 Å². The molecule has 0 heterocycles. The predicted molar refractivity (Wildman–Crippen MR) is 113 cm³/mol. The lowest BCUT2D eigenvalue weighted by Crippen LogP contribution is -2.22. The van der Waals surface area contributed by atoms with Crippen molar-refractivity contribution < 1.29 is 17.9 Å². The Morgan fingerprint density at radius 1 is 0.966 bits per heavy atom. The summed E-state index contributed by atoms with van der Waals surface area (Å²) in [4.78, 5) is 12.6. The molecule has 0 saturated carbocycles. The summed E-state index contributed by atoms with van der Waals surface area (Å²) in [5, 5.41) is 3.24. The van der Waals surface area contributed by atoms with Gasteiger partial charge in [0.05, 0.1) is 9.92 Å². The summed E-state index contributed by atoms with van der Waals surface area (Å²) >= 11 is 6.08. The van der Waals surface area contributed by atoms with Crippen molar-refractivity contribution >= 4 is 33.2 Å². The van der Waals surface area contributed by atoms with E-state index in [-0.39, 0.29) is 10.5 Å². The van der Waals surface area contributed by atoms with Crippen LogP contribution in [0.5, 0.6) is 11.5 Å². The molecule has 0 aliphatic rings. The number of ether oxygens (including phenoxy) is 1. The first-order chi connectivity index (χ1) is 13.8. The van der Waals surface area contributed by atoms with Gasteiger partial charge in [0.25, 0.3) is 5.91 Å². The molecule has 0 bridgehead atoms. The van der Waals surface area contributed by atoms with E-state index in [0.29, 0.717) is 22.2 Å². The third-order valence-corrected chi connectivity index (χ3v) is 6.17. The molecule has 0 saturated heterocycles. The quantitative estimate of drug-likeness (QED) is 0.618. The lowest BCUT2D eigenvalue weighted by atomic mass is 10.2. The zero-order valence-electron chi connectivity index (χ0n) is 15.8. The average Bonchev–Trinajstić information content (AvgIpc) is 2.71.